The number of fused-ring (bicyclic) bond motifs is 1. The summed E-state index contributed by atoms with van der Waals surface area (Å²) in [6, 6.07) is -0.383. The first-order valence-electron chi connectivity index (χ1n) is 9.34. The number of aryl methyl sites for hydroxylation is 3. The van der Waals surface area contributed by atoms with Crippen LogP contribution in [0.5, 0.6) is 0 Å². The van der Waals surface area contributed by atoms with Gasteiger partial charge in [0.2, 0.25) is 5.91 Å². The van der Waals surface area contributed by atoms with Crippen LogP contribution >= 0.6 is 24.8 Å². The molecule has 1 atom stereocenters. The van der Waals surface area contributed by atoms with E-state index >= 15 is 0 Å². The molecule has 10 nitrogen and oxygen atoms in total. The fraction of sp³-hybridized carbons (Fsp3) is 0.500. The van der Waals surface area contributed by atoms with Gasteiger partial charge in [-0.1, -0.05) is 0 Å². The molecule has 4 rings (SSSR count). The van der Waals surface area contributed by atoms with Gasteiger partial charge < -0.3 is 15.1 Å². The standard InChI is InChI=1S/C18H25N9O.2ClH/c1-12-22-16-14(10-21-25(16)4)17(23-12)26-5-7-27(8-6-26)18(28)15(19-2)13-9-20-24(3)11-13;;/h9-11,15,19H,5-8H2,1-4H3;2*1H. The quantitative estimate of drug-likeness (QED) is 0.622. The molecular formula is C18H27Cl2N9O. The molecule has 1 unspecified atom stereocenters. The van der Waals surface area contributed by atoms with Gasteiger partial charge in [0.05, 0.1) is 17.8 Å². The van der Waals surface area contributed by atoms with E-state index in [0.29, 0.717) is 13.1 Å². The maximum Gasteiger partial charge on any atom is 0.244 e. The summed E-state index contributed by atoms with van der Waals surface area (Å²) < 4.78 is 3.47. The molecule has 0 aliphatic carbocycles. The molecule has 3 aromatic heterocycles. The summed E-state index contributed by atoms with van der Waals surface area (Å²) in [6.07, 6.45) is 5.41. The summed E-state index contributed by atoms with van der Waals surface area (Å²) in [5.41, 5.74) is 1.70. The van der Waals surface area contributed by atoms with Crippen LogP contribution in [0.4, 0.5) is 5.82 Å². The van der Waals surface area contributed by atoms with Crippen molar-refractivity contribution in [2.75, 3.05) is 38.1 Å². The number of carbonyl (C=O) groups excluding carboxylic acids is 1. The summed E-state index contributed by atoms with van der Waals surface area (Å²) in [6.45, 7) is 4.61. The van der Waals surface area contributed by atoms with Crippen LogP contribution in [0.3, 0.4) is 0 Å². The van der Waals surface area contributed by atoms with Gasteiger partial charge in [-0.2, -0.15) is 10.2 Å². The van der Waals surface area contributed by atoms with Crippen LogP contribution < -0.4 is 10.2 Å². The van der Waals surface area contributed by atoms with Gasteiger partial charge >= 0.3 is 0 Å². The van der Waals surface area contributed by atoms with Crippen LogP contribution in [-0.4, -0.2) is 73.6 Å². The lowest BCUT2D eigenvalue weighted by atomic mass is 10.1. The molecule has 1 N–H and O–H groups in total. The number of hydrogen-bond acceptors (Lipinski definition) is 7. The number of carbonyl (C=O) groups is 1. The third-order valence-electron chi connectivity index (χ3n) is 5.17. The van der Waals surface area contributed by atoms with Crippen LogP contribution in [0.2, 0.25) is 0 Å². The molecule has 0 radical (unpaired) electrons. The van der Waals surface area contributed by atoms with E-state index in [4.69, 9.17) is 0 Å². The van der Waals surface area contributed by atoms with Gasteiger partial charge in [-0.3, -0.25) is 14.2 Å². The molecule has 1 fully saturated rings. The predicted octanol–water partition coefficient (Wildman–Crippen LogP) is 0.858. The minimum atomic E-state index is -0.383. The van der Waals surface area contributed by atoms with Gasteiger partial charge in [0, 0.05) is 52.0 Å². The van der Waals surface area contributed by atoms with Crippen molar-refractivity contribution in [3.63, 3.8) is 0 Å². The second-order valence-corrected chi connectivity index (χ2v) is 7.08. The number of anilines is 1. The second kappa shape index (κ2) is 9.59. The summed E-state index contributed by atoms with van der Waals surface area (Å²) in [7, 11) is 5.53. The molecule has 1 aliphatic rings. The largest absolute Gasteiger partial charge is 0.352 e. The Bertz CT molecular complexity index is 1010. The van der Waals surface area contributed by atoms with E-state index < -0.39 is 0 Å². The molecule has 4 heterocycles. The van der Waals surface area contributed by atoms with E-state index in [1.54, 1.807) is 28.8 Å². The fourth-order valence-corrected chi connectivity index (χ4v) is 3.70. The van der Waals surface area contributed by atoms with Crippen molar-refractivity contribution in [1.82, 2.24) is 39.7 Å². The van der Waals surface area contributed by atoms with Crippen molar-refractivity contribution < 1.29 is 4.79 Å². The van der Waals surface area contributed by atoms with Crippen molar-refractivity contribution in [2.24, 2.45) is 14.1 Å². The van der Waals surface area contributed by atoms with Crippen LogP contribution in [0.25, 0.3) is 11.0 Å². The Labute approximate surface area is 187 Å². The number of nitrogens with one attached hydrogen (secondary N) is 1. The number of piperazine rings is 1. The highest BCUT2D eigenvalue weighted by Crippen LogP contribution is 2.25. The first-order valence-corrected chi connectivity index (χ1v) is 9.34. The van der Waals surface area contributed by atoms with E-state index in [-0.39, 0.29) is 36.8 Å². The predicted molar refractivity (Wildman–Crippen MR) is 119 cm³/mol. The lowest BCUT2D eigenvalue weighted by Gasteiger charge is -2.37. The van der Waals surface area contributed by atoms with Crippen molar-refractivity contribution in [3.8, 4) is 0 Å². The normalized spacial score (nSPS) is 14.9. The van der Waals surface area contributed by atoms with Gasteiger partial charge in [0.25, 0.3) is 0 Å². The lowest BCUT2D eigenvalue weighted by Crippen LogP contribution is -2.51. The molecule has 1 aliphatic heterocycles. The van der Waals surface area contributed by atoms with Crippen molar-refractivity contribution in [3.05, 3.63) is 30.0 Å². The van der Waals surface area contributed by atoms with Gasteiger partial charge in [0.1, 0.15) is 17.7 Å². The molecule has 3 aromatic rings. The average molecular weight is 456 g/mol. The molecule has 1 amide bonds. The molecule has 0 saturated carbocycles. The minimum Gasteiger partial charge on any atom is -0.352 e. The first kappa shape index (κ1) is 23.8. The Balaban J connectivity index is 0.00000160. The maximum absolute atomic E-state index is 13.0. The second-order valence-electron chi connectivity index (χ2n) is 7.08. The Morgan fingerprint density at radius 3 is 2.37 bits per heavy atom. The monoisotopic (exact) mass is 455 g/mol. The van der Waals surface area contributed by atoms with E-state index in [1.807, 2.05) is 32.1 Å². The topological polar surface area (TPSA) is 97.0 Å². The number of hydrogen-bond donors (Lipinski definition) is 1. The van der Waals surface area contributed by atoms with Gasteiger partial charge in [-0.25, -0.2) is 9.97 Å². The number of aromatic nitrogens is 6. The number of rotatable bonds is 4. The zero-order chi connectivity index (χ0) is 19.8. The zero-order valence-electron chi connectivity index (χ0n) is 17.4. The number of nitrogens with zero attached hydrogens (tertiary/aromatic N) is 8. The number of halogens is 2. The highest BCUT2D eigenvalue weighted by atomic mass is 35.5. The number of likely N-dealkylation sites (N-methyl/N-ethyl adjacent to an activating group) is 1. The zero-order valence-corrected chi connectivity index (χ0v) is 19.1. The lowest BCUT2D eigenvalue weighted by molar-refractivity contribution is -0.133. The molecule has 12 heteroatoms. The molecule has 0 spiro atoms. The number of amides is 1. The Kier molecular flexibility index (Phi) is 7.62. The highest BCUT2D eigenvalue weighted by Gasteiger charge is 2.29. The van der Waals surface area contributed by atoms with Crippen LogP contribution in [-0.2, 0) is 18.9 Å². The SMILES string of the molecule is CNC(C(=O)N1CCN(c2nc(C)nc3c2cnn3C)CC1)c1cnn(C)c1.Cl.Cl. The first-order chi connectivity index (χ1) is 13.5. The Hall–Kier alpha value is -2.43. The molecule has 30 heavy (non-hydrogen) atoms. The fourth-order valence-electron chi connectivity index (χ4n) is 3.70. The van der Waals surface area contributed by atoms with Crippen LogP contribution in [0.15, 0.2) is 18.6 Å². The summed E-state index contributed by atoms with van der Waals surface area (Å²) in [4.78, 5) is 26.3. The third kappa shape index (κ3) is 4.35. The van der Waals surface area contributed by atoms with Gasteiger partial charge in [-0.15, -0.1) is 24.8 Å². The smallest absolute Gasteiger partial charge is 0.244 e. The van der Waals surface area contributed by atoms with Gasteiger partial charge in [-0.05, 0) is 14.0 Å². The molecular weight excluding hydrogens is 429 g/mol. The Morgan fingerprint density at radius 2 is 1.77 bits per heavy atom. The molecule has 1 saturated heterocycles. The maximum atomic E-state index is 13.0. The van der Waals surface area contributed by atoms with E-state index in [0.717, 1.165) is 41.3 Å². The minimum absolute atomic E-state index is 0. The van der Waals surface area contributed by atoms with Gasteiger partial charge in [0.15, 0.2) is 5.65 Å². The van der Waals surface area contributed by atoms with E-state index in [2.05, 4.69) is 30.4 Å². The van der Waals surface area contributed by atoms with Crippen LogP contribution in [0, 0.1) is 6.92 Å². The van der Waals surface area contributed by atoms with E-state index in [9.17, 15) is 4.79 Å². The van der Waals surface area contributed by atoms with Crippen LogP contribution in [0.1, 0.15) is 17.4 Å². The van der Waals surface area contributed by atoms with Crippen molar-refractivity contribution in [1.29, 1.82) is 0 Å². The summed E-state index contributed by atoms with van der Waals surface area (Å²) in [5.74, 6) is 1.68. The molecule has 164 valence electrons. The van der Waals surface area contributed by atoms with Crippen molar-refractivity contribution >= 4 is 47.6 Å². The average Bonchev–Trinajstić information content (AvgIpc) is 3.28. The van der Waals surface area contributed by atoms with E-state index in [1.165, 1.54) is 0 Å². The molecule has 0 bridgehead atoms. The third-order valence-corrected chi connectivity index (χ3v) is 5.17. The highest BCUT2D eigenvalue weighted by molar-refractivity contribution is 5.87. The Morgan fingerprint density at radius 1 is 1.07 bits per heavy atom. The van der Waals surface area contributed by atoms with Crippen molar-refractivity contribution in [2.45, 2.75) is 13.0 Å². The summed E-state index contributed by atoms with van der Waals surface area (Å²) in [5, 5.41) is 12.5. The molecule has 0 aromatic carbocycles. The summed E-state index contributed by atoms with van der Waals surface area (Å²) >= 11 is 0.